The summed E-state index contributed by atoms with van der Waals surface area (Å²) in [6.45, 7) is 0. The number of benzene rings is 2. The average molecular weight is 298 g/mol. The molecule has 1 aliphatic rings. The van der Waals surface area contributed by atoms with Crippen LogP contribution < -0.4 is 10.2 Å². The molecule has 1 heterocycles. The number of rotatable bonds is 1. The van der Waals surface area contributed by atoms with Crippen LogP contribution in [0.1, 0.15) is 27.7 Å². The Kier molecular flexibility index (Phi) is 3.28. The fourth-order valence-electron chi connectivity index (χ4n) is 2.48. The van der Waals surface area contributed by atoms with Crippen LogP contribution in [0.2, 0.25) is 5.02 Å². The van der Waals surface area contributed by atoms with Gasteiger partial charge in [-0.2, -0.15) is 5.26 Å². The highest BCUT2D eigenvalue weighted by Crippen LogP contribution is 2.33. The largest absolute Gasteiger partial charge is 0.350 e. The molecule has 2 aromatic carbocycles. The molecule has 0 saturated heterocycles. The Labute approximate surface area is 127 Å². The smallest absolute Gasteiger partial charge is 0.255 e. The van der Waals surface area contributed by atoms with Crippen LogP contribution in [0.15, 0.2) is 42.5 Å². The summed E-state index contributed by atoms with van der Waals surface area (Å²) in [4.78, 5) is 14.2. The average Bonchev–Trinajstić information content (AvgIpc) is 2.51. The van der Waals surface area contributed by atoms with E-state index >= 15 is 0 Å². The zero-order chi connectivity index (χ0) is 15.0. The van der Waals surface area contributed by atoms with Gasteiger partial charge in [0.05, 0.1) is 22.9 Å². The number of nitriles is 1. The van der Waals surface area contributed by atoms with E-state index in [1.54, 1.807) is 24.3 Å². The van der Waals surface area contributed by atoms with E-state index < -0.39 is 0 Å². The van der Waals surface area contributed by atoms with Crippen molar-refractivity contribution in [1.82, 2.24) is 5.32 Å². The minimum Gasteiger partial charge on any atom is -0.350 e. The van der Waals surface area contributed by atoms with Crippen LogP contribution in [0.3, 0.4) is 0 Å². The summed E-state index contributed by atoms with van der Waals surface area (Å²) in [6, 6.07) is 14.5. The minimum atomic E-state index is -0.265. The Bertz CT molecular complexity index is 749. The summed E-state index contributed by atoms with van der Waals surface area (Å²) < 4.78 is 0. The SMILES string of the molecule is CN1c2ccc(Cl)cc2C(=O)N[C@@H]1c1ccc(C#N)cc1. The first-order valence-electron chi connectivity index (χ1n) is 6.43. The number of nitrogens with zero attached hydrogens (tertiary/aromatic N) is 2. The number of nitrogens with one attached hydrogen (secondary N) is 1. The lowest BCUT2D eigenvalue weighted by molar-refractivity contribution is 0.0928. The predicted octanol–water partition coefficient (Wildman–Crippen LogP) is 3.09. The van der Waals surface area contributed by atoms with Gasteiger partial charge in [0.2, 0.25) is 0 Å². The third-order valence-corrected chi connectivity index (χ3v) is 3.83. The molecule has 5 heteroatoms. The highest BCUT2D eigenvalue weighted by molar-refractivity contribution is 6.31. The third kappa shape index (κ3) is 2.32. The third-order valence-electron chi connectivity index (χ3n) is 3.59. The summed E-state index contributed by atoms with van der Waals surface area (Å²) in [5.41, 5.74) is 2.91. The van der Waals surface area contributed by atoms with Gasteiger partial charge in [0, 0.05) is 12.1 Å². The monoisotopic (exact) mass is 297 g/mol. The molecule has 1 N–H and O–H groups in total. The summed E-state index contributed by atoms with van der Waals surface area (Å²) in [6.07, 6.45) is -0.265. The van der Waals surface area contributed by atoms with Crippen molar-refractivity contribution in [2.45, 2.75) is 6.17 Å². The van der Waals surface area contributed by atoms with E-state index in [1.807, 2.05) is 30.1 Å². The van der Waals surface area contributed by atoms with Crippen LogP contribution in [0, 0.1) is 11.3 Å². The molecule has 0 aliphatic carbocycles. The Morgan fingerprint density at radius 1 is 1.24 bits per heavy atom. The van der Waals surface area contributed by atoms with E-state index in [0.29, 0.717) is 16.1 Å². The molecule has 0 radical (unpaired) electrons. The number of hydrogen-bond acceptors (Lipinski definition) is 3. The van der Waals surface area contributed by atoms with Gasteiger partial charge in [0.1, 0.15) is 6.17 Å². The molecule has 4 nitrogen and oxygen atoms in total. The van der Waals surface area contributed by atoms with Crippen molar-refractivity contribution in [2.24, 2.45) is 0 Å². The van der Waals surface area contributed by atoms with Gasteiger partial charge in [0.15, 0.2) is 0 Å². The fourth-order valence-corrected chi connectivity index (χ4v) is 2.65. The van der Waals surface area contributed by atoms with E-state index in [2.05, 4.69) is 11.4 Å². The van der Waals surface area contributed by atoms with Gasteiger partial charge in [-0.05, 0) is 35.9 Å². The predicted molar refractivity (Wildman–Crippen MR) is 81.2 cm³/mol. The lowest BCUT2D eigenvalue weighted by Gasteiger charge is -2.36. The van der Waals surface area contributed by atoms with Crippen molar-refractivity contribution in [3.05, 3.63) is 64.2 Å². The zero-order valence-electron chi connectivity index (χ0n) is 11.3. The van der Waals surface area contributed by atoms with Gasteiger partial charge in [-0.3, -0.25) is 4.79 Å². The normalized spacial score (nSPS) is 16.9. The molecule has 0 fully saturated rings. The molecule has 104 valence electrons. The summed E-state index contributed by atoms with van der Waals surface area (Å²) in [7, 11) is 1.91. The van der Waals surface area contributed by atoms with E-state index in [0.717, 1.165) is 11.3 Å². The van der Waals surface area contributed by atoms with Gasteiger partial charge in [-0.1, -0.05) is 23.7 Å². The Balaban J connectivity index is 2.01. The lowest BCUT2D eigenvalue weighted by Crippen LogP contribution is -2.44. The maximum absolute atomic E-state index is 12.2. The molecular formula is C16H12ClN3O. The standard InChI is InChI=1S/C16H12ClN3O/c1-20-14-7-6-12(17)8-13(14)16(21)19-15(20)11-4-2-10(9-18)3-5-11/h2-8,15H,1H3,(H,19,21)/t15-/m0/s1. The topological polar surface area (TPSA) is 56.1 Å². The van der Waals surface area contributed by atoms with Crippen molar-refractivity contribution in [2.75, 3.05) is 11.9 Å². The van der Waals surface area contributed by atoms with Gasteiger partial charge in [-0.15, -0.1) is 0 Å². The fraction of sp³-hybridized carbons (Fsp3) is 0.125. The number of amides is 1. The molecule has 1 amide bonds. The summed E-state index contributed by atoms with van der Waals surface area (Å²) in [5, 5.41) is 12.3. The number of fused-ring (bicyclic) bond motifs is 1. The lowest BCUT2D eigenvalue weighted by atomic mass is 10.0. The zero-order valence-corrected chi connectivity index (χ0v) is 12.1. The number of hydrogen-bond donors (Lipinski definition) is 1. The van der Waals surface area contributed by atoms with Crippen molar-refractivity contribution < 1.29 is 4.79 Å². The van der Waals surface area contributed by atoms with Crippen LogP contribution in [-0.2, 0) is 0 Å². The number of halogens is 1. The quantitative estimate of drug-likeness (QED) is 0.880. The summed E-state index contributed by atoms with van der Waals surface area (Å²) >= 11 is 5.95. The van der Waals surface area contributed by atoms with Crippen molar-refractivity contribution in [3.8, 4) is 6.07 Å². The molecule has 0 spiro atoms. The second kappa shape index (κ2) is 5.12. The Morgan fingerprint density at radius 2 is 1.95 bits per heavy atom. The van der Waals surface area contributed by atoms with Gasteiger partial charge in [-0.25, -0.2) is 0 Å². The van der Waals surface area contributed by atoms with Crippen molar-refractivity contribution in [1.29, 1.82) is 5.26 Å². The maximum atomic E-state index is 12.2. The second-order valence-electron chi connectivity index (χ2n) is 4.88. The Morgan fingerprint density at radius 3 is 2.62 bits per heavy atom. The van der Waals surface area contributed by atoms with Crippen LogP contribution in [-0.4, -0.2) is 13.0 Å². The molecule has 1 aliphatic heterocycles. The minimum absolute atomic E-state index is 0.153. The first-order chi connectivity index (χ1) is 10.1. The van der Waals surface area contributed by atoms with Crippen molar-refractivity contribution in [3.63, 3.8) is 0 Å². The van der Waals surface area contributed by atoms with Gasteiger partial charge < -0.3 is 10.2 Å². The first kappa shape index (κ1) is 13.5. The van der Waals surface area contributed by atoms with Gasteiger partial charge in [0.25, 0.3) is 5.91 Å². The van der Waals surface area contributed by atoms with Crippen LogP contribution in [0.5, 0.6) is 0 Å². The molecule has 0 aromatic heterocycles. The van der Waals surface area contributed by atoms with Gasteiger partial charge >= 0.3 is 0 Å². The summed E-state index contributed by atoms with van der Waals surface area (Å²) in [5.74, 6) is -0.153. The van der Waals surface area contributed by atoms with E-state index in [4.69, 9.17) is 16.9 Å². The molecule has 3 rings (SSSR count). The number of carbonyl (C=O) groups excluding carboxylic acids is 1. The molecule has 0 unspecified atom stereocenters. The molecule has 1 atom stereocenters. The van der Waals surface area contributed by atoms with E-state index in [1.165, 1.54) is 0 Å². The molecule has 2 aromatic rings. The molecular weight excluding hydrogens is 286 g/mol. The highest BCUT2D eigenvalue weighted by atomic mass is 35.5. The van der Waals surface area contributed by atoms with Crippen LogP contribution >= 0.6 is 11.6 Å². The number of anilines is 1. The van der Waals surface area contributed by atoms with E-state index in [-0.39, 0.29) is 12.1 Å². The first-order valence-corrected chi connectivity index (χ1v) is 6.81. The second-order valence-corrected chi connectivity index (χ2v) is 5.32. The van der Waals surface area contributed by atoms with E-state index in [9.17, 15) is 4.79 Å². The maximum Gasteiger partial charge on any atom is 0.255 e. The van der Waals surface area contributed by atoms with Crippen molar-refractivity contribution >= 4 is 23.2 Å². The van der Waals surface area contributed by atoms with Crippen LogP contribution in [0.25, 0.3) is 0 Å². The Hall–Kier alpha value is -2.51. The molecule has 21 heavy (non-hydrogen) atoms. The molecule has 0 saturated carbocycles. The van der Waals surface area contributed by atoms with Crippen LogP contribution in [0.4, 0.5) is 5.69 Å². The molecule has 0 bridgehead atoms. The number of carbonyl (C=O) groups is 1. The highest BCUT2D eigenvalue weighted by Gasteiger charge is 2.29.